The zero-order valence-electron chi connectivity index (χ0n) is 15.9. The molecule has 1 aromatic heterocycles. The van der Waals surface area contributed by atoms with Gasteiger partial charge in [-0.25, -0.2) is 9.59 Å². The number of carbonyl (C=O) groups excluding carboxylic acids is 1. The second-order valence-electron chi connectivity index (χ2n) is 7.36. The maximum Gasteiger partial charge on any atom is 0.327 e. The van der Waals surface area contributed by atoms with Crippen LogP contribution in [0.2, 0.25) is 0 Å². The molecule has 0 bridgehead atoms. The molecule has 2 N–H and O–H groups in total. The van der Waals surface area contributed by atoms with E-state index in [4.69, 9.17) is 4.74 Å². The van der Waals surface area contributed by atoms with E-state index in [1.165, 1.54) is 7.11 Å². The van der Waals surface area contributed by atoms with Crippen molar-refractivity contribution in [3.05, 3.63) is 70.6 Å². The van der Waals surface area contributed by atoms with Gasteiger partial charge in [0.05, 0.1) is 18.1 Å². The third-order valence-electron chi connectivity index (χ3n) is 5.66. The molecule has 0 amide bonds. The first-order valence-electron chi connectivity index (χ1n) is 9.75. The highest BCUT2D eigenvalue weighted by atomic mass is 16.5. The Hall–Kier alpha value is -2.86. The van der Waals surface area contributed by atoms with Crippen molar-refractivity contribution in [3.63, 3.8) is 0 Å². The third-order valence-corrected chi connectivity index (χ3v) is 5.66. The van der Waals surface area contributed by atoms with Crippen molar-refractivity contribution < 1.29 is 9.53 Å². The van der Waals surface area contributed by atoms with Crippen LogP contribution in [0.1, 0.15) is 43.3 Å². The summed E-state index contributed by atoms with van der Waals surface area (Å²) in [6.45, 7) is 0. The molecule has 1 heterocycles. The number of methoxy groups -OCH3 is 1. The van der Waals surface area contributed by atoms with Crippen molar-refractivity contribution in [2.24, 2.45) is 0 Å². The number of nitrogens with one attached hydrogen (secondary N) is 2. The lowest BCUT2D eigenvalue weighted by atomic mass is 9.90. The SMILES string of the molecule is COC(=O)[C@@H](N[C@H]1CC[C@H](n2c(=O)[nH]c3ccccc32)CC1)c1ccccc1. The Kier molecular flexibility index (Phi) is 5.30. The summed E-state index contributed by atoms with van der Waals surface area (Å²) in [7, 11) is 1.42. The molecule has 0 radical (unpaired) electrons. The van der Waals surface area contributed by atoms with E-state index in [1.807, 2.05) is 59.2 Å². The highest BCUT2D eigenvalue weighted by molar-refractivity contribution is 5.77. The van der Waals surface area contributed by atoms with Gasteiger partial charge in [-0.05, 0) is 43.4 Å². The van der Waals surface area contributed by atoms with Crippen LogP contribution in [0.4, 0.5) is 0 Å². The van der Waals surface area contributed by atoms with Gasteiger partial charge in [0.25, 0.3) is 0 Å². The Bertz CT molecular complexity index is 1000. The highest BCUT2D eigenvalue weighted by Gasteiger charge is 2.29. The maximum absolute atomic E-state index is 12.4. The van der Waals surface area contributed by atoms with Crippen LogP contribution in [0.15, 0.2) is 59.4 Å². The number of benzene rings is 2. The molecular formula is C22H25N3O3. The maximum atomic E-state index is 12.4. The predicted molar refractivity (Wildman–Crippen MR) is 108 cm³/mol. The number of hydrogen-bond donors (Lipinski definition) is 2. The van der Waals surface area contributed by atoms with Crippen LogP contribution in [-0.4, -0.2) is 28.7 Å². The van der Waals surface area contributed by atoms with Crippen molar-refractivity contribution >= 4 is 17.0 Å². The lowest BCUT2D eigenvalue weighted by Crippen LogP contribution is -2.40. The molecule has 2 aromatic carbocycles. The van der Waals surface area contributed by atoms with Crippen molar-refractivity contribution in [2.75, 3.05) is 7.11 Å². The monoisotopic (exact) mass is 379 g/mol. The van der Waals surface area contributed by atoms with Gasteiger partial charge in [-0.3, -0.25) is 9.88 Å². The zero-order valence-corrected chi connectivity index (χ0v) is 15.9. The van der Waals surface area contributed by atoms with Gasteiger partial charge < -0.3 is 9.72 Å². The van der Waals surface area contributed by atoms with Crippen molar-refractivity contribution in [2.45, 2.75) is 43.8 Å². The molecule has 1 aliphatic rings. The number of nitrogens with zero attached hydrogens (tertiary/aromatic N) is 1. The quantitative estimate of drug-likeness (QED) is 0.667. The van der Waals surface area contributed by atoms with Crippen LogP contribution in [0.5, 0.6) is 0 Å². The summed E-state index contributed by atoms with van der Waals surface area (Å²) in [5.74, 6) is -0.277. The van der Waals surface area contributed by atoms with Gasteiger partial charge in [-0.2, -0.15) is 0 Å². The summed E-state index contributed by atoms with van der Waals surface area (Å²) < 4.78 is 6.89. The predicted octanol–water partition coefficient (Wildman–Crippen LogP) is 3.32. The van der Waals surface area contributed by atoms with Crippen molar-refractivity contribution in [3.8, 4) is 0 Å². The lowest BCUT2D eigenvalue weighted by Gasteiger charge is -2.32. The number of carbonyl (C=O) groups is 1. The standard InChI is InChI=1S/C22H25N3O3/c1-28-21(26)20(15-7-3-2-4-8-15)23-16-11-13-17(14-12-16)25-19-10-6-5-9-18(19)24-22(25)27/h2-10,16-17,20,23H,11-14H2,1H3,(H,24,27)/t16-,17-,20-/m0/s1. The summed E-state index contributed by atoms with van der Waals surface area (Å²) in [5, 5.41) is 3.47. The van der Waals surface area contributed by atoms with Crippen molar-refractivity contribution in [1.29, 1.82) is 0 Å². The fourth-order valence-corrected chi connectivity index (χ4v) is 4.24. The van der Waals surface area contributed by atoms with E-state index >= 15 is 0 Å². The van der Waals surface area contributed by atoms with Gasteiger partial charge in [0.2, 0.25) is 0 Å². The molecule has 1 fully saturated rings. The first-order chi connectivity index (χ1) is 13.7. The molecule has 28 heavy (non-hydrogen) atoms. The van der Waals surface area contributed by atoms with E-state index in [9.17, 15) is 9.59 Å². The van der Waals surface area contributed by atoms with E-state index in [0.29, 0.717) is 0 Å². The number of ether oxygens (including phenoxy) is 1. The number of rotatable bonds is 5. The first-order valence-corrected chi connectivity index (χ1v) is 9.75. The van der Waals surface area contributed by atoms with Crippen LogP contribution >= 0.6 is 0 Å². The summed E-state index contributed by atoms with van der Waals surface area (Å²) >= 11 is 0. The number of aromatic amines is 1. The van der Waals surface area contributed by atoms with Crippen LogP contribution in [0, 0.1) is 0 Å². The molecule has 0 unspecified atom stereocenters. The van der Waals surface area contributed by atoms with Gasteiger partial charge in [-0.1, -0.05) is 42.5 Å². The Morgan fingerprint density at radius 3 is 2.46 bits per heavy atom. The molecule has 0 saturated heterocycles. The highest BCUT2D eigenvalue weighted by Crippen LogP contribution is 2.31. The number of para-hydroxylation sites is 2. The van der Waals surface area contributed by atoms with E-state index in [-0.39, 0.29) is 23.7 Å². The van der Waals surface area contributed by atoms with Gasteiger partial charge in [0.1, 0.15) is 6.04 Å². The molecule has 1 atom stereocenters. The second-order valence-corrected chi connectivity index (χ2v) is 7.36. The number of aromatic nitrogens is 2. The minimum Gasteiger partial charge on any atom is -0.468 e. The van der Waals surface area contributed by atoms with Gasteiger partial charge in [-0.15, -0.1) is 0 Å². The molecule has 6 heteroatoms. The molecule has 4 rings (SSSR count). The molecular weight excluding hydrogens is 354 g/mol. The van der Waals surface area contributed by atoms with E-state index in [2.05, 4.69) is 10.3 Å². The minimum absolute atomic E-state index is 0.0469. The molecule has 6 nitrogen and oxygen atoms in total. The van der Waals surface area contributed by atoms with Crippen LogP contribution < -0.4 is 11.0 Å². The number of fused-ring (bicyclic) bond motifs is 1. The van der Waals surface area contributed by atoms with Crippen LogP contribution in [0.3, 0.4) is 0 Å². The van der Waals surface area contributed by atoms with E-state index in [1.54, 1.807) is 0 Å². The summed E-state index contributed by atoms with van der Waals surface area (Å²) in [4.78, 5) is 27.7. The minimum atomic E-state index is -0.469. The topological polar surface area (TPSA) is 76.1 Å². The number of imidazole rings is 1. The zero-order chi connectivity index (χ0) is 19.5. The molecule has 146 valence electrons. The second kappa shape index (κ2) is 8.02. The van der Waals surface area contributed by atoms with Gasteiger partial charge >= 0.3 is 11.7 Å². The van der Waals surface area contributed by atoms with Gasteiger partial charge in [0.15, 0.2) is 0 Å². The molecule has 0 aliphatic heterocycles. The lowest BCUT2D eigenvalue weighted by molar-refractivity contribution is -0.143. The largest absolute Gasteiger partial charge is 0.468 e. The molecule has 0 spiro atoms. The first kappa shape index (κ1) is 18.5. The van der Waals surface area contributed by atoms with E-state index in [0.717, 1.165) is 42.3 Å². The normalized spacial score (nSPS) is 20.8. The number of hydrogen-bond acceptors (Lipinski definition) is 4. The third kappa shape index (κ3) is 3.60. The summed E-state index contributed by atoms with van der Waals surface area (Å²) in [5.41, 5.74) is 2.70. The Labute approximate surface area is 163 Å². The summed E-state index contributed by atoms with van der Waals surface area (Å²) in [6.07, 6.45) is 3.58. The van der Waals surface area contributed by atoms with Gasteiger partial charge in [0, 0.05) is 12.1 Å². The average molecular weight is 379 g/mol. The average Bonchev–Trinajstić information content (AvgIpc) is 3.08. The Balaban J connectivity index is 1.47. The molecule has 3 aromatic rings. The number of H-pyrrole nitrogens is 1. The van der Waals surface area contributed by atoms with E-state index < -0.39 is 6.04 Å². The van der Waals surface area contributed by atoms with Crippen LogP contribution in [-0.2, 0) is 9.53 Å². The molecule has 1 aliphatic carbocycles. The fourth-order valence-electron chi connectivity index (χ4n) is 4.24. The number of esters is 1. The van der Waals surface area contributed by atoms with Crippen LogP contribution in [0.25, 0.3) is 11.0 Å². The Morgan fingerprint density at radius 1 is 1.07 bits per heavy atom. The smallest absolute Gasteiger partial charge is 0.327 e. The fraction of sp³-hybridized carbons (Fsp3) is 0.364. The Morgan fingerprint density at radius 2 is 1.75 bits per heavy atom. The van der Waals surface area contributed by atoms with Crippen molar-refractivity contribution in [1.82, 2.24) is 14.9 Å². The summed E-state index contributed by atoms with van der Waals surface area (Å²) in [6, 6.07) is 17.4. The molecule has 1 saturated carbocycles.